The van der Waals surface area contributed by atoms with Gasteiger partial charge in [0.25, 0.3) is 0 Å². The van der Waals surface area contributed by atoms with E-state index in [2.05, 4.69) is 5.32 Å². The lowest BCUT2D eigenvalue weighted by Gasteiger charge is -2.45. The average Bonchev–Trinajstić information content (AvgIpc) is 2.15. The van der Waals surface area contributed by atoms with Gasteiger partial charge >= 0.3 is 0 Å². The highest BCUT2D eigenvalue weighted by atomic mass is 35.5. The molecule has 1 N–H and O–H groups in total. The van der Waals surface area contributed by atoms with Crippen LogP contribution in [-0.2, 0) is 5.41 Å². The molecule has 2 rings (SSSR count). The second kappa shape index (κ2) is 4.11. The van der Waals surface area contributed by atoms with E-state index in [1.165, 1.54) is 0 Å². The van der Waals surface area contributed by atoms with Crippen molar-refractivity contribution in [3.63, 3.8) is 0 Å². The Morgan fingerprint density at radius 1 is 1.53 bits per heavy atom. The molecule has 1 fully saturated rings. The van der Waals surface area contributed by atoms with Crippen LogP contribution in [0.25, 0.3) is 0 Å². The van der Waals surface area contributed by atoms with Gasteiger partial charge in [-0.15, -0.1) is 0 Å². The first kappa shape index (κ1) is 10.9. The molecule has 0 saturated heterocycles. The minimum absolute atomic E-state index is 0.0426. The topological polar surface area (TPSA) is 12.0 Å². The van der Waals surface area contributed by atoms with E-state index in [0.717, 1.165) is 17.1 Å². The third kappa shape index (κ3) is 2.01. The van der Waals surface area contributed by atoms with E-state index < -0.39 is 6.17 Å². The second-order valence-corrected chi connectivity index (χ2v) is 4.76. The summed E-state index contributed by atoms with van der Waals surface area (Å²) in [6, 6.07) is 7.77. The summed E-state index contributed by atoms with van der Waals surface area (Å²) < 4.78 is 13.1. The van der Waals surface area contributed by atoms with Crippen LogP contribution in [0.5, 0.6) is 0 Å². The predicted octanol–water partition coefficient (Wildman–Crippen LogP) is 2.93. The Labute approximate surface area is 94.6 Å². The summed E-state index contributed by atoms with van der Waals surface area (Å²) in [5, 5.41) is 3.87. The number of rotatable bonds is 3. The molecule has 0 heterocycles. The first-order valence-electron chi connectivity index (χ1n) is 5.21. The van der Waals surface area contributed by atoms with Crippen LogP contribution in [0.4, 0.5) is 4.39 Å². The minimum atomic E-state index is -0.655. The van der Waals surface area contributed by atoms with Gasteiger partial charge in [0, 0.05) is 17.0 Å². The third-order valence-electron chi connectivity index (χ3n) is 3.18. The lowest BCUT2D eigenvalue weighted by molar-refractivity contribution is 0.0940. The molecule has 0 bridgehead atoms. The summed E-state index contributed by atoms with van der Waals surface area (Å²) >= 11 is 5.95. The van der Waals surface area contributed by atoms with E-state index in [4.69, 9.17) is 11.6 Å². The van der Waals surface area contributed by atoms with Crippen molar-refractivity contribution in [2.45, 2.75) is 24.4 Å². The zero-order chi connectivity index (χ0) is 10.9. The van der Waals surface area contributed by atoms with Gasteiger partial charge in [-0.25, -0.2) is 4.39 Å². The van der Waals surface area contributed by atoms with Crippen LogP contribution in [0.1, 0.15) is 18.4 Å². The van der Waals surface area contributed by atoms with Gasteiger partial charge in [0.15, 0.2) is 0 Å². The van der Waals surface area contributed by atoms with Crippen LogP contribution < -0.4 is 5.32 Å². The number of hydrogen-bond donors (Lipinski definition) is 1. The SMILES string of the molecule is CNCC1(c2cccc(Cl)c2)CC(F)C1. The summed E-state index contributed by atoms with van der Waals surface area (Å²) in [7, 11) is 1.90. The van der Waals surface area contributed by atoms with Gasteiger partial charge < -0.3 is 5.32 Å². The van der Waals surface area contributed by atoms with Crippen molar-refractivity contribution in [1.82, 2.24) is 5.32 Å². The maximum absolute atomic E-state index is 13.1. The Kier molecular flexibility index (Phi) is 2.98. The van der Waals surface area contributed by atoms with Crippen LogP contribution in [0.15, 0.2) is 24.3 Å². The molecular weight excluding hydrogens is 213 g/mol. The molecule has 0 aliphatic heterocycles. The highest BCUT2D eigenvalue weighted by Crippen LogP contribution is 2.45. The van der Waals surface area contributed by atoms with Crippen molar-refractivity contribution in [3.05, 3.63) is 34.9 Å². The number of nitrogens with one attached hydrogen (secondary N) is 1. The molecule has 1 aliphatic rings. The molecule has 1 aromatic rings. The molecule has 1 aromatic carbocycles. The molecule has 0 amide bonds. The summed E-state index contributed by atoms with van der Waals surface area (Å²) in [4.78, 5) is 0. The van der Waals surface area contributed by atoms with E-state index in [1.807, 2.05) is 31.3 Å². The van der Waals surface area contributed by atoms with Gasteiger partial charge in [-0.3, -0.25) is 0 Å². The molecule has 0 atom stereocenters. The minimum Gasteiger partial charge on any atom is -0.319 e. The van der Waals surface area contributed by atoms with E-state index in [9.17, 15) is 4.39 Å². The molecule has 3 heteroatoms. The van der Waals surface area contributed by atoms with Gasteiger partial charge in [-0.2, -0.15) is 0 Å². The standard InChI is InChI=1S/C12H15ClFN/c1-15-8-12(6-11(14)7-12)9-3-2-4-10(13)5-9/h2-5,11,15H,6-8H2,1H3. The summed E-state index contributed by atoms with van der Waals surface area (Å²) in [6.45, 7) is 0.813. The molecule has 0 unspecified atom stereocenters. The van der Waals surface area contributed by atoms with Gasteiger partial charge in [0.2, 0.25) is 0 Å². The average molecular weight is 228 g/mol. The molecule has 1 saturated carbocycles. The monoisotopic (exact) mass is 227 g/mol. The summed E-state index contributed by atoms with van der Waals surface area (Å²) in [6.07, 6.45) is 0.555. The van der Waals surface area contributed by atoms with Crippen LogP contribution in [0.2, 0.25) is 5.02 Å². The molecule has 1 nitrogen and oxygen atoms in total. The van der Waals surface area contributed by atoms with Gasteiger partial charge in [-0.05, 0) is 37.6 Å². The number of halogens is 2. The van der Waals surface area contributed by atoms with Crippen molar-refractivity contribution in [3.8, 4) is 0 Å². The lowest BCUT2D eigenvalue weighted by Crippen LogP contribution is -2.49. The molecule has 15 heavy (non-hydrogen) atoms. The fraction of sp³-hybridized carbons (Fsp3) is 0.500. The quantitative estimate of drug-likeness (QED) is 0.837. The van der Waals surface area contributed by atoms with Crippen LogP contribution in [-0.4, -0.2) is 19.8 Å². The number of likely N-dealkylation sites (N-methyl/N-ethyl adjacent to an activating group) is 1. The fourth-order valence-electron chi connectivity index (χ4n) is 2.43. The maximum atomic E-state index is 13.1. The molecule has 82 valence electrons. The van der Waals surface area contributed by atoms with E-state index in [-0.39, 0.29) is 5.41 Å². The predicted molar refractivity (Wildman–Crippen MR) is 61.2 cm³/mol. The van der Waals surface area contributed by atoms with Crippen molar-refractivity contribution < 1.29 is 4.39 Å². The van der Waals surface area contributed by atoms with Crippen molar-refractivity contribution in [1.29, 1.82) is 0 Å². The molecule has 0 aromatic heterocycles. The van der Waals surface area contributed by atoms with E-state index in [1.54, 1.807) is 0 Å². The Bertz CT molecular complexity index is 342. The Morgan fingerprint density at radius 3 is 2.80 bits per heavy atom. The van der Waals surface area contributed by atoms with Crippen LogP contribution in [0, 0.1) is 0 Å². The number of alkyl halides is 1. The van der Waals surface area contributed by atoms with Crippen molar-refractivity contribution in [2.24, 2.45) is 0 Å². The van der Waals surface area contributed by atoms with Gasteiger partial charge in [0.1, 0.15) is 6.17 Å². The highest BCUT2D eigenvalue weighted by molar-refractivity contribution is 6.30. The fourth-order valence-corrected chi connectivity index (χ4v) is 2.62. The second-order valence-electron chi connectivity index (χ2n) is 4.33. The van der Waals surface area contributed by atoms with Gasteiger partial charge in [-0.1, -0.05) is 23.7 Å². The number of benzene rings is 1. The normalized spacial score (nSPS) is 29.9. The van der Waals surface area contributed by atoms with Crippen molar-refractivity contribution >= 4 is 11.6 Å². The molecular formula is C12H15ClFN. The molecule has 1 aliphatic carbocycles. The first-order chi connectivity index (χ1) is 7.16. The van der Waals surface area contributed by atoms with Crippen LogP contribution in [0.3, 0.4) is 0 Å². The lowest BCUT2D eigenvalue weighted by atomic mass is 9.63. The molecule has 0 spiro atoms. The zero-order valence-corrected chi connectivity index (χ0v) is 9.52. The first-order valence-corrected chi connectivity index (χ1v) is 5.59. The van der Waals surface area contributed by atoms with E-state index >= 15 is 0 Å². The Hall–Kier alpha value is -0.600. The maximum Gasteiger partial charge on any atom is 0.102 e. The van der Waals surface area contributed by atoms with Crippen molar-refractivity contribution in [2.75, 3.05) is 13.6 Å². The number of hydrogen-bond acceptors (Lipinski definition) is 1. The van der Waals surface area contributed by atoms with E-state index in [0.29, 0.717) is 12.8 Å². The summed E-state index contributed by atoms with van der Waals surface area (Å²) in [5.41, 5.74) is 1.11. The zero-order valence-electron chi connectivity index (χ0n) is 8.76. The Balaban J connectivity index is 2.26. The van der Waals surface area contributed by atoms with Crippen LogP contribution >= 0.6 is 11.6 Å². The Morgan fingerprint density at radius 2 is 2.27 bits per heavy atom. The summed E-state index contributed by atoms with van der Waals surface area (Å²) in [5.74, 6) is 0. The third-order valence-corrected chi connectivity index (χ3v) is 3.41. The largest absolute Gasteiger partial charge is 0.319 e. The van der Waals surface area contributed by atoms with Gasteiger partial charge in [0.05, 0.1) is 0 Å². The smallest absolute Gasteiger partial charge is 0.102 e. The molecule has 0 radical (unpaired) electrons. The highest BCUT2D eigenvalue weighted by Gasteiger charge is 2.45.